The van der Waals surface area contributed by atoms with Gasteiger partial charge in [0.2, 0.25) is 6.10 Å². The van der Waals surface area contributed by atoms with Crippen molar-refractivity contribution in [3.05, 3.63) is 65.7 Å². The molecule has 1 amide bonds. The lowest BCUT2D eigenvalue weighted by atomic mass is 9.87. The van der Waals surface area contributed by atoms with Crippen LogP contribution in [-0.4, -0.2) is 31.9 Å². The van der Waals surface area contributed by atoms with Gasteiger partial charge in [0, 0.05) is 5.56 Å². The van der Waals surface area contributed by atoms with Crippen LogP contribution in [-0.2, 0) is 10.2 Å². The standard InChI is InChI=1S/C25H26N2O4/c1-25(2,3)17-10-12-21-22(13-17)31-23(15-30-21)24(28)27-26-14-19-18-8-6-5-7-16(18)9-11-20(19)29-4/h5-14,23H,15H2,1-4H3,(H,27,28)/b26-14+/t23-/m0/s1. The number of nitrogens with one attached hydrogen (secondary N) is 1. The molecule has 3 aromatic carbocycles. The number of rotatable bonds is 4. The minimum Gasteiger partial charge on any atom is -0.496 e. The zero-order chi connectivity index (χ0) is 22.0. The zero-order valence-corrected chi connectivity index (χ0v) is 18.1. The molecule has 0 unspecified atom stereocenters. The van der Waals surface area contributed by atoms with Crippen molar-refractivity contribution in [1.29, 1.82) is 0 Å². The molecule has 6 nitrogen and oxygen atoms in total. The number of nitrogens with zero attached hydrogens (tertiary/aromatic N) is 1. The molecule has 0 saturated heterocycles. The zero-order valence-electron chi connectivity index (χ0n) is 18.1. The molecule has 0 spiro atoms. The Kier molecular flexibility index (Phi) is 5.55. The first-order valence-corrected chi connectivity index (χ1v) is 10.2. The van der Waals surface area contributed by atoms with Crippen LogP contribution < -0.4 is 19.6 Å². The van der Waals surface area contributed by atoms with Gasteiger partial charge in [-0.25, -0.2) is 5.43 Å². The van der Waals surface area contributed by atoms with Gasteiger partial charge in [0.1, 0.15) is 12.4 Å². The summed E-state index contributed by atoms with van der Waals surface area (Å²) in [6.07, 6.45) is 0.809. The molecule has 31 heavy (non-hydrogen) atoms. The number of methoxy groups -OCH3 is 1. The second kappa shape index (κ2) is 8.30. The van der Waals surface area contributed by atoms with Crippen molar-refractivity contribution in [2.75, 3.05) is 13.7 Å². The molecule has 4 rings (SSSR count). The molecule has 1 heterocycles. The fraction of sp³-hybridized carbons (Fsp3) is 0.280. The quantitative estimate of drug-likeness (QED) is 0.503. The molecule has 0 bridgehead atoms. The van der Waals surface area contributed by atoms with Gasteiger partial charge < -0.3 is 14.2 Å². The van der Waals surface area contributed by atoms with Crippen LogP contribution in [0.15, 0.2) is 59.7 Å². The van der Waals surface area contributed by atoms with Crippen LogP contribution in [0.2, 0.25) is 0 Å². The Hall–Kier alpha value is -3.54. The van der Waals surface area contributed by atoms with E-state index in [1.54, 1.807) is 13.3 Å². The van der Waals surface area contributed by atoms with Crippen LogP contribution in [0.4, 0.5) is 0 Å². The van der Waals surface area contributed by atoms with Crippen LogP contribution in [0.3, 0.4) is 0 Å². The van der Waals surface area contributed by atoms with Gasteiger partial charge in [-0.05, 0) is 39.9 Å². The van der Waals surface area contributed by atoms with Crippen LogP contribution >= 0.6 is 0 Å². The van der Waals surface area contributed by atoms with Crippen LogP contribution in [0.1, 0.15) is 31.9 Å². The van der Waals surface area contributed by atoms with Gasteiger partial charge in [0.25, 0.3) is 5.91 Å². The summed E-state index contributed by atoms with van der Waals surface area (Å²) in [6, 6.07) is 17.6. The highest BCUT2D eigenvalue weighted by molar-refractivity contribution is 6.02. The minimum atomic E-state index is -0.783. The molecular weight excluding hydrogens is 392 g/mol. The Morgan fingerprint density at radius 3 is 2.71 bits per heavy atom. The first-order chi connectivity index (χ1) is 14.9. The van der Waals surface area contributed by atoms with E-state index in [4.69, 9.17) is 14.2 Å². The molecule has 0 aliphatic carbocycles. The third kappa shape index (κ3) is 4.33. The van der Waals surface area contributed by atoms with Crippen molar-refractivity contribution < 1.29 is 19.0 Å². The van der Waals surface area contributed by atoms with E-state index in [9.17, 15) is 4.79 Å². The summed E-state index contributed by atoms with van der Waals surface area (Å²) in [5, 5.41) is 6.20. The van der Waals surface area contributed by atoms with Gasteiger partial charge in [0.05, 0.1) is 13.3 Å². The first-order valence-electron chi connectivity index (χ1n) is 10.2. The highest BCUT2D eigenvalue weighted by Crippen LogP contribution is 2.36. The number of amides is 1. The molecule has 1 N–H and O–H groups in total. The summed E-state index contributed by atoms with van der Waals surface area (Å²) in [6.45, 7) is 6.50. The van der Waals surface area contributed by atoms with E-state index in [2.05, 4.69) is 31.3 Å². The van der Waals surface area contributed by atoms with Crippen LogP contribution in [0.5, 0.6) is 17.2 Å². The Morgan fingerprint density at radius 2 is 1.94 bits per heavy atom. The van der Waals surface area contributed by atoms with E-state index >= 15 is 0 Å². The Balaban J connectivity index is 1.49. The van der Waals surface area contributed by atoms with Crippen molar-refractivity contribution in [2.24, 2.45) is 5.10 Å². The third-order valence-corrected chi connectivity index (χ3v) is 5.28. The van der Waals surface area contributed by atoms with E-state index in [0.29, 0.717) is 17.2 Å². The molecule has 0 saturated carbocycles. The lowest BCUT2D eigenvalue weighted by Crippen LogP contribution is -2.42. The van der Waals surface area contributed by atoms with E-state index < -0.39 is 6.10 Å². The number of benzene rings is 3. The second-order valence-electron chi connectivity index (χ2n) is 8.47. The largest absolute Gasteiger partial charge is 0.496 e. The molecule has 0 aromatic heterocycles. The number of hydrazone groups is 1. The SMILES string of the molecule is COc1ccc2ccccc2c1/C=N/NC(=O)[C@@H]1COc2ccc(C(C)(C)C)cc2O1. The van der Waals surface area contributed by atoms with Crippen molar-refractivity contribution >= 4 is 22.9 Å². The second-order valence-corrected chi connectivity index (χ2v) is 8.47. The summed E-state index contributed by atoms with van der Waals surface area (Å²) < 4.78 is 17.1. The predicted molar refractivity (Wildman–Crippen MR) is 121 cm³/mol. The Morgan fingerprint density at radius 1 is 1.13 bits per heavy atom. The molecule has 0 radical (unpaired) electrons. The molecule has 160 valence electrons. The van der Waals surface area contributed by atoms with Gasteiger partial charge in [-0.3, -0.25) is 4.79 Å². The van der Waals surface area contributed by atoms with E-state index in [-0.39, 0.29) is 17.9 Å². The molecule has 6 heteroatoms. The normalized spacial score (nSPS) is 15.8. The van der Waals surface area contributed by atoms with Crippen molar-refractivity contribution in [3.63, 3.8) is 0 Å². The molecule has 1 atom stereocenters. The topological polar surface area (TPSA) is 69.2 Å². The maximum atomic E-state index is 12.6. The Bertz CT molecular complexity index is 1150. The summed E-state index contributed by atoms with van der Waals surface area (Å²) >= 11 is 0. The first kappa shape index (κ1) is 20.7. The fourth-order valence-corrected chi connectivity index (χ4v) is 3.49. The number of carbonyl (C=O) groups is 1. The smallest absolute Gasteiger partial charge is 0.284 e. The monoisotopic (exact) mass is 418 g/mol. The Labute approximate surface area is 181 Å². The van der Waals surface area contributed by atoms with Gasteiger partial charge in [-0.2, -0.15) is 5.10 Å². The summed E-state index contributed by atoms with van der Waals surface area (Å²) in [7, 11) is 1.61. The summed E-state index contributed by atoms with van der Waals surface area (Å²) in [5.74, 6) is 1.51. The molecule has 0 fully saturated rings. The molecule has 1 aliphatic rings. The third-order valence-electron chi connectivity index (χ3n) is 5.28. The van der Waals surface area contributed by atoms with Crippen molar-refractivity contribution in [1.82, 2.24) is 5.43 Å². The van der Waals surface area contributed by atoms with E-state index in [0.717, 1.165) is 21.9 Å². The lowest BCUT2D eigenvalue weighted by Gasteiger charge is -2.27. The average Bonchev–Trinajstić information content (AvgIpc) is 2.77. The minimum absolute atomic E-state index is 0.0323. The van der Waals surface area contributed by atoms with E-state index in [1.807, 2.05) is 54.6 Å². The molecular formula is C25H26N2O4. The molecule has 3 aromatic rings. The van der Waals surface area contributed by atoms with Gasteiger partial charge in [-0.1, -0.05) is 57.2 Å². The van der Waals surface area contributed by atoms with Crippen molar-refractivity contribution in [2.45, 2.75) is 32.3 Å². The summed E-state index contributed by atoms with van der Waals surface area (Å²) in [4.78, 5) is 12.6. The lowest BCUT2D eigenvalue weighted by molar-refractivity contribution is -0.130. The number of hydrogen-bond acceptors (Lipinski definition) is 5. The number of fused-ring (bicyclic) bond motifs is 2. The molecule has 1 aliphatic heterocycles. The maximum Gasteiger partial charge on any atom is 0.284 e. The number of carbonyl (C=O) groups excluding carboxylic acids is 1. The van der Waals surface area contributed by atoms with Gasteiger partial charge in [0.15, 0.2) is 11.5 Å². The van der Waals surface area contributed by atoms with Crippen LogP contribution in [0, 0.1) is 0 Å². The fourth-order valence-electron chi connectivity index (χ4n) is 3.49. The van der Waals surface area contributed by atoms with Gasteiger partial charge in [-0.15, -0.1) is 0 Å². The highest BCUT2D eigenvalue weighted by atomic mass is 16.6. The maximum absolute atomic E-state index is 12.6. The average molecular weight is 418 g/mol. The predicted octanol–water partition coefficient (Wildman–Crippen LogP) is 4.44. The highest BCUT2D eigenvalue weighted by Gasteiger charge is 2.28. The van der Waals surface area contributed by atoms with Gasteiger partial charge >= 0.3 is 0 Å². The number of ether oxygens (including phenoxy) is 3. The van der Waals surface area contributed by atoms with E-state index in [1.165, 1.54) is 0 Å². The number of hydrogen-bond donors (Lipinski definition) is 1. The van der Waals surface area contributed by atoms with Crippen molar-refractivity contribution in [3.8, 4) is 17.2 Å². The summed E-state index contributed by atoms with van der Waals surface area (Å²) in [5.41, 5.74) is 4.43. The van der Waals surface area contributed by atoms with Crippen LogP contribution in [0.25, 0.3) is 10.8 Å².